The van der Waals surface area contributed by atoms with E-state index in [1.807, 2.05) is 12.4 Å². The monoisotopic (exact) mass is 393 g/mol. The highest BCUT2D eigenvalue weighted by Gasteiger charge is 2.15. The molecule has 0 amide bonds. The Morgan fingerprint density at radius 3 is 2.72 bits per heavy atom. The predicted molar refractivity (Wildman–Crippen MR) is 109 cm³/mol. The molecule has 25 heavy (non-hydrogen) atoms. The molecule has 2 heterocycles. The molecule has 0 unspecified atom stereocenters. The van der Waals surface area contributed by atoms with Gasteiger partial charge in [0.2, 0.25) is 0 Å². The Balaban J connectivity index is 1.95. The molecule has 0 aliphatic rings. The molecule has 126 valence electrons. The number of nitrogens with two attached hydrogens (primary N) is 1. The quantitative estimate of drug-likeness (QED) is 0.444. The number of halogens is 1. The number of aromatic nitrogens is 2. The molecule has 0 atom stereocenters. The largest absolute Gasteiger partial charge is 0.354 e. The lowest BCUT2D eigenvalue weighted by molar-refractivity contribution is 0.748. The highest BCUT2D eigenvalue weighted by Crippen LogP contribution is 2.35. The molecule has 0 aliphatic heterocycles. The van der Waals surface area contributed by atoms with Crippen LogP contribution in [-0.2, 0) is 6.42 Å². The lowest BCUT2D eigenvalue weighted by Gasteiger charge is -2.05. The second-order valence-electron chi connectivity index (χ2n) is 6.33. The number of nitrogens with one attached hydrogen (secondary N) is 1. The van der Waals surface area contributed by atoms with Crippen LogP contribution in [0, 0.1) is 0 Å². The number of H-pyrrole nitrogens is 1. The summed E-state index contributed by atoms with van der Waals surface area (Å²) in [5.41, 5.74) is 10.5. The molecule has 0 saturated heterocycles. The fourth-order valence-corrected chi connectivity index (χ4v) is 3.86. The fourth-order valence-electron chi connectivity index (χ4n) is 3.49. The molecule has 4 rings (SSSR count). The highest BCUT2D eigenvalue weighted by atomic mass is 79.9. The minimum atomic E-state index is 0.735. The Hall–Kier alpha value is -2.17. The number of hydrogen-bond acceptors (Lipinski definition) is 2. The van der Waals surface area contributed by atoms with Crippen molar-refractivity contribution < 1.29 is 0 Å². The highest BCUT2D eigenvalue weighted by molar-refractivity contribution is 9.10. The van der Waals surface area contributed by atoms with Crippen LogP contribution in [0.2, 0.25) is 0 Å². The summed E-state index contributed by atoms with van der Waals surface area (Å²) >= 11 is 3.54. The van der Waals surface area contributed by atoms with E-state index in [-0.39, 0.29) is 0 Å². The first kappa shape index (κ1) is 16.3. The van der Waals surface area contributed by atoms with Crippen molar-refractivity contribution in [1.29, 1.82) is 0 Å². The molecule has 2 aromatic carbocycles. The smallest absolute Gasteiger partial charge is 0.0541 e. The van der Waals surface area contributed by atoms with Crippen LogP contribution in [0.25, 0.3) is 32.9 Å². The third-order valence-corrected chi connectivity index (χ3v) is 5.11. The standard InChI is InChI=1S/C21H20BrN3/c22-16-11-15(12-24-13-16)20-18(7-3-4-10-23)19-9-8-14-5-1-2-6-17(14)21(19)25-20/h1-2,5-6,8-9,11-13,25H,3-4,7,10,23H2. The van der Waals surface area contributed by atoms with E-state index < -0.39 is 0 Å². The van der Waals surface area contributed by atoms with E-state index in [9.17, 15) is 0 Å². The number of hydrogen-bond donors (Lipinski definition) is 2. The molecule has 3 nitrogen and oxygen atoms in total. The van der Waals surface area contributed by atoms with Crippen molar-refractivity contribution in [3.63, 3.8) is 0 Å². The summed E-state index contributed by atoms with van der Waals surface area (Å²) in [5.74, 6) is 0. The number of rotatable bonds is 5. The van der Waals surface area contributed by atoms with E-state index in [2.05, 4.69) is 68.4 Å². The zero-order chi connectivity index (χ0) is 17.2. The number of aromatic amines is 1. The van der Waals surface area contributed by atoms with Gasteiger partial charge in [-0.15, -0.1) is 0 Å². The van der Waals surface area contributed by atoms with Crippen LogP contribution in [0.4, 0.5) is 0 Å². The number of nitrogens with zero attached hydrogens (tertiary/aromatic N) is 1. The molecule has 0 saturated carbocycles. The van der Waals surface area contributed by atoms with Gasteiger partial charge in [-0.1, -0.05) is 36.4 Å². The van der Waals surface area contributed by atoms with E-state index in [4.69, 9.17) is 5.73 Å². The first-order valence-corrected chi connectivity index (χ1v) is 9.40. The van der Waals surface area contributed by atoms with Gasteiger partial charge in [0.25, 0.3) is 0 Å². The van der Waals surface area contributed by atoms with Gasteiger partial charge in [-0.25, -0.2) is 0 Å². The molecule has 4 aromatic rings. The molecular formula is C21H20BrN3. The number of benzene rings is 2. The number of pyridine rings is 1. The lowest BCUT2D eigenvalue weighted by Crippen LogP contribution is -1.99. The van der Waals surface area contributed by atoms with E-state index in [0.717, 1.165) is 41.5 Å². The summed E-state index contributed by atoms with van der Waals surface area (Å²) in [5, 5.41) is 3.81. The molecule has 0 radical (unpaired) electrons. The summed E-state index contributed by atoms with van der Waals surface area (Å²) in [6.07, 6.45) is 6.87. The lowest BCUT2D eigenvalue weighted by atomic mass is 9.99. The van der Waals surface area contributed by atoms with Crippen molar-refractivity contribution in [3.8, 4) is 11.3 Å². The van der Waals surface area contributed by atoms with Crippen molar-refractivity contribution in [1.82, 2.24) is 9.97 Å². The third-order valence-electron chi connectivity index (χ3n) is 4.68. The Morgan fingerprint density at radius 2 is 1.88 bits per heavy atom. The van der Waals surface area contributed by atoms with Gasteiger partial charge in [0.15, 0.2) is 0 Å². The molecule has 0 aliphatic carbocycles. The first-order valence-electron chi connectivity index (χ1n) is 8.61. The molecule has 4 heteroatoms. The summed E-state index contributed by atoms with van der Waals surface area (Å²) in [7, 11) is 0. The maximum absolute atomic E-state index is 5.70. The second kappa shape index (κ2) is 6.98. The van der Waals surface area contributed by atoms with E-state index in [1.54, 1.807) is 0 Å². The van der Waals surface area contributed by atoms with Crippen molar-refractivity contribution in [2.24, 2.45) is 5.73 Å². The van der Waals surface area contributed by atoms with Crippen molar-refractivity contribution in [2.45, 2.75) is 19.3 Å². The van der Waals surface area contributed by atoms with Gasteiger partial charge < -0.3 is 10.7 Å². The maximum atomic E-state index is 5.70. The topological polar surface area (TPSA) is 54.7 Å². The predicted octanol–water partition coefficient (Wildman–Crippen LogP) is 5.43. The van der Waals surface area contributed by atoms with Crippen LogP contribution in [-0.4, -0.2) is 16.5 Å². The van der Waals surface area contributed by atoms with Gasteiger partial charge in [-0.2, -0.15) is 0 Å². The maximum Gasteiger partial charge on any atom is 0.0541 e. The summed E-state index contributed by atoms with van der Waals surface area (Å²) in [6.45, 7) is 0.735. The summed E-state index contributed by atoms with van der Waals surface area (Å²) < 4.78 is 0.987. The molecule has 0 spiro atoms. The van der Waals surface area contributed by atoms with Gasteiger partial charge in [-0.3, -0.25) is 4.98 Å². The zero-order valence-corrected chi connectivity index (χ0v) is 15.5. The number of unbranched alkanes of at least 4 members (excludes halogenated alkanes) is 1. The van der Waals surface area contributed by atoms with Crippen LogP contribution in [0.5, 0.6) is 0 Å². The van der Waals surface area contributed by atoms with Crippen molar-refractivity contribution >= 4 is 37.6 Å². The average molecular weight is 394 g/mol. The van der Waals surface area contributed by atoms with Gasteiger partial charge in [0, 0.05) is 33.2 Å². The van der Waals surface area contributed by atoms with Crippen LogP contribution < -0.4 is 5.73 Å². The zero-order valence-electron chi connectivity index (χ0n) is 13.9. The van der Waals surface area contributed by atoms with E-state index >= 15 is 0 Å². The third kappa shape index (κ3) is 3.08. The Labute approximate surface area is 155 Å². The van der Waals surface area contributed by atoms with Crippen LogP contribution >= 0.6 is 15.9 Å². The van der Waals surface area contributed by atoms with Crippen LogP contribution in [0.15, 0.2) is 59.3 Å². The van der Waals surface area contributed by atoms with Crippen molar-refractivity contribution in [2.75, 3.05) is 6.54 Å². The number of aryl methyl sites for hydroxylation is 1. The first-order chi connectivity index (χ1) is 12.3. The summed E-state index contributed by atoms with van der Waals surface area (Å²) in [6, 6.07) is 15.1. The van der Waals surface area contributed by atoms with E-state index in [0.29, 0.717) is 0 Å². The van der Waals surface area contributed by atoms with Crippen molar-refractivity contribution in [3.05, 3.63) is 64.9 Å². The van der Waals surface area contributed by atoms with Gasteiger partial charge >= 0.3 is 0 Å². The Kier molecular flexibility index (Phi) is 4.55. The molecule has 0 bridgehead atoms. The second-order valence-corrected chi connectivity index (χ2v) is 7.24. The van der Waals surface area contributed by atoms with E-state index in [1.165, 1.54) is 27.2 Å². The summed E-state index contributed by atoms with van der Waals surface area (Å²) in [4.78, 5) is 8.03. The number of fused-ring (bicyclic) bond motifs is 3. The van der Waals surface area contributed by atoms with Gasteiger partial charge in [-0.05, 0) is 58.8 Å². The Bertz CT molecular complexity index is 1040. The molecule has 2 aromatic heterocycles. The SMILES string of the molecule is NCCCCc1c(-c2cncc(Br)c2)[nH]c2c1ccc1ccccc12. The van der Waals surface area contributed by atoms with Crippen LogP contribution in [0.3, 0.4) is 0 Å². The van der Waals surface area contributed by atoms with Gasteiger partial charge in [0.1, 0.15) is 0 Å². The molecular weight excluding hydrogens is 374 g/mol. The molecule has 3 N–H and O–H groups in total. The normalized spacial score (nSPS) is 11.4. The molecule has 0 fully saturated rings. The Morgan fingerprint density at radius 1 is 1.00 bits per heavy atom. The average Bonchev–Trinajstić information content (AvgIpc) is 3.01. The fraction of sp³-hybridized carbons (Fsp3) is 0.190. The van der Waals surface area contributed by atoms with Gasteiger partial charge in [0.05, 0.1) is 11.2 Å². The minimum Gasteiger partial charge on any atom is -0.354 e. The van der Waals surface area contributed by atoms with Crippen LogP contribution in [0.1, 0.15) is 18.4 Å². The minimum absolute atomic E-state index is 0.735.